The van der Waals surface area contributed by atoms with E-state index >= 15 is 0 Å². The molecule has 2 aromatic rings. The van der Waals surface area contributed by atoms with E-state index in [9.17, 15) is 0 Å². The number of aryl methyl sites for hydroxylation is 2. The van der Waals surface area contributed by atoms with Crippen molar-refractivity contribution in [1.82, 2.24) is 10.3 Å². The number of nitrogens with one attached hydrogen (secondary N) is 1. The molecule has 0 spiro atoms. The van der Waals surface area contributed by atoms with Gasteiger partial charge in [0.25, 0.3) is 0 Å². The van der Waals surface area contributed by atoms with Gasteiger partial charge in [-0.15, -0.1) is 0 Å². The van der Waals surface area contributed by atoms with Crippen LogP contribution in [-0.2, 0) is 0 Å². The highest BCUT2D eigenvalue weighted by Crippen LogP contribution is 2.37. The van der Waals surface area contributed by atoms with Gasteiger partial charge in [-0.1, -0.05) is 36.8 Å². The Morgan fingerprint density at radius 2 is 2.00 bits per heavy atom. The minimum Gasteiger partial charge on any atom is -0.308 e. The van der Waals surface area contributed by atoms with Gasteiger partial charge in [-0.05, 0) is 61.9 Å². The van der Waals surface area contributed by atoms with Crippen molar-refractivity contribution in [3.8, 4) is 0 Å². The van der Waals surface area contributed by atoms with Crippen LogP contribution in [0, 0.1) is 13.8 Å². The predicted molar refractivity (Wildman–Crippen MR) is 87.6 cm³/mol. The van der Waals surface area contributed by atoms with Crippen LogP contribution >= 0.6 is 0 Å². The normalized spacial score (nSPS) is 16.5. The van der Waals surface area contributed by atoms with Crippen LogP contribution in [0.25, 0.3) is 0 Å². The Hall–Kier alpha value is -1.67. The molecule has 1 aliphatic carbocycles. The fraction of sp³-hybridized carbons (Fsp3) is 0.421. The molecule has 0 saturated heterocycles. The molecule has 1 N–H and O–H groups in total. The zero-order chi connectivity index (χ0) is 14.8. The van der Waals surface area contributed by atoms with E-state index in [4.69, 9.17) is 0 Å². The lowest BCUT2D eigenvalue weighted by Gasteiger charge is -2.27. The zero-order valence-corrected chi connectivity index (χ0v) is 13.2. The maximum atomic E-state index is 4.67. The van der Waals surface area contributed by atoms with Gasteiger partial charge in [0, 0.05) is 6.20 Å². The molecule has 0 bridgehead atoms. The average molecular weight is 280 g/mol. The molecule has 1 unspecified atom stereocenters. The topological polar surface area (TPSA) is 24.9 Å². The molecule has 0 aliphatic heterocycles. The van der Waals surface area contributed by atoms with E-state index in [-0.39, 0.29) is 6.04 Å². The summed E-state index contributed by atoms with van der Waals surface area (Å²) in [6, 6.07) is 11.4. The monoisotopic (exact) mass is 280 g/mol. The first-order valence-electron chi connectivity index (χ1n) is 7.89. The first kappa shape index (κ1) is 14.3. The van der Waals surface area contributed by atoms with Crippen LogP contribution in [-0.4, -0.2) is 12.0 Å². The Kier molecular flexibility index (Phi) is 4.07. The van der Waals surface area contributed by atoms with Crippen LogP contribution in [0.1, 0.15) is 59.2 Å². The van der Waals surface area contributed by atoms with Crippen molar-refractivity contribution < 1.29 is 0 Å². The van der Waals surface area contributed by atoms with Gasteiger partial charge in [-0.25, -0.2) is 0 Å². The molecule has 1 atom stereocenters. The molecular weight excluding hydrogens is 256 g/mol. The molecule has 21 heavy (non-hydrogen) atoms. The molecule has 2 nitrogen and oxygen atoms in total. The molecule has 110 valence electrons. The summed E-state index contributed by atoms with van der Waals surface area (Å²) >= 11 is 0. The number of pyridine rings is 1. The van der Waals surface area contributed by atoms with Gasteiger partial charge < -0.3 is 5.32 Å². The maximum Gasteiger partial charge on any atom is 0.0751 e. The molecule has 1 fully saturated rings. The summed E-state index contributed by atoms with van der Waals surface area (Å²) in [5.41, 5.74) is 6.41. The number of aromatic nitrogens is 1. The van der Waals surface area contributed by atoms with E-state index in [1.54, 1.807) is 0 Å². The van der Waals surface area contributed by atoms with Crippen LogP contribution in [0.5, 0.6) is 0 Å². The van der Waals surface area contributed by atoms with Crippen molar-refractivity contribution in [2.24, 2.45) is 0 Å². The molecule has 0 amide bonds. The first-order valence-corrected chi connectivity index (χ1v) is 7.89. The Morgan fingerprint density at radius 3 is 2.62 bits per heavy atom. The smallest absolute Gasteiger partial charge is 0.0751 e. The molecule has 1 heterocycles. The van der Waals surface area contributed by atoms with E-state index in [1.165, 1.54) is 41.5 Å². The van der Waals surface area contributed by atoms with Crippen LogP contribution in [0.15, 0.2) is 36.5 Å². The lowest BCUT2D eigenvalue weighted by Crippen LogP contribution is -2.20. The van der Waals surface area contributed by atoms with Crippen LogP contribution in [0.4, 0.5) is 0 Å². The van der Waals surface area contributed by atoms with Gasteiger partial charge in [-0.2, -0.15) is 0 Å². The van der Waals surface area contributed by atoms with Gasteiger partial charge in [0.2, 0.25) is 0 Å². The third kappa shape index (κ3) is 2.86. The number of hydrogen-bond acceptors (Lipinski definition) is 2. The van der Waals surface area contributed by atoms with E-state index in [2.05, 4.69) is 54.5 Å². The maximum absolute atomic E-state index is 4.67. The first-order chi connectivity index (χ1) is 10.2. The lowest BCUT2D eigenvalue weighted by atomic mass is 9.79. The predicted octanol–water partition coefficient (Wildman–Crippen LogP) is 4.27. The van der Waals surface area contributed by atoms with Gasteiger partial charge in [-0.3, -0.25) is 4.98 Å². The van der Waals surface area contributed by atoms with Crippen molar-refractivity contribution in [2.45, 2.75) is 45.1 Å². The number of benzene rings is 1. The van der Waals surface area contributed by atoms with E-state index in [0.29, 0.717) is 0 Å². The zero-order valence-electron chi connectivity index (χ0n) is 13.2. The Morgan fingerprint density at radius 1 is 1.19 bits per heavy atom. The van der Waals surface area contributed by atoms with Crippen LogP contribution in [0.2, 0.25) is 0 Å². The Bertz CT molecular complexity index is 629. The van der Waals surface area contributed by atoms with Crippen molar-refractivity contribution in [3.05, 3.63) is 64.5 Å². The average Bonchev–Trinajstić information content (AvgIpc) is 2.40. The highest BCUT2D eigenvalue weighted by molar-refractivity contribution is 5.37. The van der Waals surface area contributed by atoms with Crippen LogP contribution < -0.4 is 5.32 Å². The Labute approximate surface area is 127 Å². The molecule has 0 radical (unpaired) electrons. The molecule has 1 aliphatic rings. The van der Waals surface area contributed by atoms with Crippen molar-refractivity contribution in [2.75, 3.05) is 7.05 Å². The number of nitrogens with zero attached hydrogens (tertiary/aromatic N) is 1. The fourth-order valence-electron chi connectivity index (χ4n) is 3.22. The van der Waals surface area contributed by atoms with Gasteiger partial charge in [0.05, 0.1) is 11.7 Å². The Balaban J connectivity index is 1.95. The van der Waals surface area contributed by atoms with E-state index in [0.717, 1.165) is 11.6 Å². The summed E-state index contributed by atoms with van der Waals surface area (Å²) in [5, 5.41) is 3.43. The molecular formula is C19H24N2. The van der Waals surface area contributed by atoms with Gasteiger partial charge >= 0.3 is 0 Å². The molecule has 2 heteroatoms. The second kappa shape index (κ2) is 5.98. The SMILES string of the molecule is CNC(c1cccc(C2CCC2)c1)c1ncc(C)cc1C. The second-order valence-corrected chi connectivity index (χ2v) is 6.23. The van der Waals surface area contributed by atoms with Crippen molar-refractivity contribution in [3.63, 3.8) is 0 Å². The van der Waals surface area contributed by atoms with Crippen molar-refractivity contribution in [1.29, 1.82) is 0 Å². The summed E-state index contributed by atoms with van der Waals surface area (Å²) in [6.07, 6.45) is 6.02. The van der Waals surface area contributed by atoms with E-state index < -0.39 is 0 Å². The second-order valence-electron chi connectivity index (χ2n) is 6.23. The van der Waals surface area contributed by atoms with Gasteiger partial charge in [0.1, 0.15) is 0 Å². The standard InChI is InChI=1S/C19H24N2/c1-13-10-14(2)18(21-12-13)19(20-3)17-9-5-8-16(11-17)15-6-4-7-15/h5,8-12,15,19-20H,4,6-7H2,1-3H3. The largest absolute Gasteiger partial charge is 0.308 e. The summed E-state index contributed by atoms with van der Waals surface area (Å²) < 4.78 is 0. The summed E-state index contributed by atoms with van der Waals surface area (Å²) in [4.78, 5) is 4.67. The van der Waals surface area contributed by atoms with Crippen molar-refractivity contribution >= 4 is 0 Å². The summed E-state index contributed by atoms with van der Waals surface area (Å²) in [5.74, 6) is 0.773. The summed E-state index contributed by atoms with van der Waals surface area (Å²) in [7, 11) is 2.02. The molecule has 3 rings (SSSR count). The minimum atomic E-state index is 0.172. The molecule has 1 aromatic carbocycles. The van der Waals surface area contributed by atoms with E-state index in [1.807, 2.05) is 13.2 Å². The highest BCUT2D eigenvalue weighted by Gasteiger charge is 2.21. The number of rotatable bonds is 4. The highest BCUT2D eigenvalue weighted by atomic mass is 14.9. The quantitative estimate of drug-likeness (QED) is 0.904. The van der Waals surface area contributed by atoms with Gasteiger partial charge in [0.15, 0.2) is 0 Å². The lowest BCUT2D eigenvalue weighted by molar-refractivity contribution is 0.419. The molecule has 1 saturated carbocycles. The third-order valence-corrected chi connectivity index (χ3v) is 4.64. The van der Waals surface area contributed by atoms with Crippen LogP contribution in [0.3, 0.4) is 0 Å². The molecule has 1 aromatic heterocycles. The minimum absolute atomic E-state index is 0.172. The third-order valence-electron chi connectivity index (χ3n) is 4.64. The number of hydrogen-bond donors (Lipinski definition) is 1. The summed E-state index contributed by atoms with van der Waals surface area (Å²) in [6.45, 7) is 4.24. The fourth-order valence-corrected chi connectivity index (χ4v) is 3.22.